The van der Waals surface area contributed by atoms with Gasteiger partial charge in [0.25, 0.3) is 0 Å². The van der Waals surface area contributed by atoms with Crippen LogP contribution in [0.3, 0.4) is 0 Å². The highest BCUT2D eigenvalue weighted by Crippen LogP contribution is 2.35. The van der Waals surface area contributed by atoms with E-state index in [1.807, 2.05) is 0 Å². The van der Waals surface area contributed by atoms with Crippen LogP contribution in [0.4, 0.5) is 32.0 Å². The van der Waals surface area contributed by atoms with E-state index in [0.29, 0.717) is 11.0 Å². The summed E-state index contributed by atoms with van der Waals surface area (Å²) in [4.78, 5) is 4.18. The van der Waals surface area contributed by atoms with E-state index in [2.05, 4.69) is 4.98 Å². The molecule has 0 bridgehead atoms. The molecular weight excluding hydrogens is 366 g/mol. The first-order valence-corrected chi connectivity index (χ1v) is 6.81. The Morgan fingerprint density at radius 1 is 1.08 bits per heavy atom. The standard InChI is InChI=1S/C15H8F6N4O/c16-14(17,18)8-25(6-13-24-10(5-23)7-26-13)11-2-1-9(4-22)12(3-11)15(19,20)21/h1-3,7H,6,8H2. The van der Waals surface area contributed by atoms with Crippen molar-refractivity contribution in [2.45, 2.75) is 18.9 Å². The van der Waals surface area contributed by atoms with Crippen molar-refractivity contribution in [2.24, 2.45) is 0 Å². The summed E-state index contributed by atoms with van der Waals surface area (Å²) in [6.45, 7) is -2.20. The van der Waals surface area contributed by atoms with Crippen LogP contribution in [0.15, 0.2) is 28.9 Å². The van der Waals surface area contributed by atoms with Crippen LogP contribution < -0.4 is 4.90 Å². The molecule has 0 saturated carbocycles. The molecule has 0 spiro atoms. The molecule has 5 nitrogen and oxygen atoms in total. The fraction of sp³-hybridized carbons (Fsp3) is 0.267. The lowest BCUT2D eigenvalue weighted by atomic mass is 10.1. The molecular formula is C15H8F6N4O. The minimum absolute atomic E-state index is 0.178. The van der Waals surface area contributed by atoms with Crippen LogP contribution >= 0.6 is 0 Å². The SMILES string of the molecule is N#Cc1coc(CN(CC(F)(F)F)c2ccc(C#N)c(C(F)(F)F)c2)n1. The van der Waals surface area contributed by atoms with E-state index >= 15 is 0 Å². The maximum Gasteiger partial charge on any atom is 0.417 e. The third-order valence-corrected chi connectivity index (χ3v) is 3.16. The van der Waals surface area contributed by atoms with Crippen LogP contribution in [0, 0.1) is 22.7 Å². The average molecular weight is 374 g/mol. The lowest BCUT2D eigenvalue weighted by Gasteiger charge is -2.25. The van der Waals surface area contributed by atoms with Crippen LogP contribution in [0.25, 0.3) is 0 Å². The number of rotatable bonds is 4. The fourth-order valence-electron chi connectivity index (χ4n) is 2.11. The van der Waals surface area contributed by atoms with E-state index < -0.39 is 42.3 Å². The van der Waals surface area contributed by atoms with E-state index in [-0.39, 0.29) is 11.6 Å². The monoisotopic (exact) mass is 374 g/mol. The molecule has 0 saturated heterocycles. The number of aromatic nitrogens is 1. The lowest BCUT2D eigenvalue weighted by molar-refractivity contribution is -0.137. The van der Waals surface area contributed by atoms with Crippen molar-refractivity contribution in [1.82, 2.24) is 4.98 Å². The van der Waals surface area contributed by atoms with Crippen molar-refractivity contribution in [2.75, 3.05) is 11.4 Å². The van der Waals surface area contributed by atoms with E-state index in [1.54, 1.807) is 6.07 Å². The summed E-state index contributed by atoms with van der Waals surface area (Å²) in [7, 11) is 0. The lowest BCUT2D eigenvalue weighted by Crippen LogP contribution is -2.34. The Hall–Kier alpha value is -3.21. The van der Waals surface area contributed by atoms with Gasteiger partial charge in [-0.25, -0.2) is 4.98 Å². The number of nitriles is 2. The maximum atomic E-state index is 13.0. The minimum Gasteiger partial charge on any atom is -0.446 e. The van der Waals surface area contributed by atoms with E-state index in [1.165, 1.54) is 6.07 Å². The number of halogens is 6. The van der Waals surface area contributed by atoms with Crippen LogP contribution in [0.1, 0.15) is 22.7 Å². The predicted molar refractivity (Wildman–Crippen MR) is 74.5 cm³/mol. The summed E-state index contributed by atoms with van der Waals surface area (Å²) in [5.74, 6) is -0.274. The molecule has 0 amide bonds. The Balaban J connectivity index is 2.45. The van der Waals surface area contributed by atoms with Crippen LogP contribution in [-0.2, 0) is 12.7 Å². The average Bonchev–Trinajstić information content (AvgIpc) is 2.99. The van der Waals surface area contributed by atoms with Crippen molar-refractivity contribution in [3.63, 3.8) is 0 Å². The van der Waals surface area contributed by atoms with Crippen molar-refractivity contribution in [3.8, 4) is 12.1 Å². The number of hydrogen-bond acceptors (Lipinski definition) is 5. The van der Waals surface area contributed by atoms with Gasteiger partial charge in [-0.2, -0.15) is 36.9 Å². The molecule has 2 aromatic rings. The van der Waals surface area contributed by atoms with Crippen molar-refractivity contribution in [1.29, 1.82) is 10.5 Å². The molecule has 0 fully saturated rings. The highest BCUT2D eigenvalue weighted by molar-refractivity contribution is 5.55. The van der Waals surface area contributed by atoms with Gasteiger partial charge in [-0.15, -0.1) is 0 Å². The van der Waals surface area contributed by atoms with Crippen molar-refractivity contribution >= 4 is 5.69 Å². The molecule has 1 heterocycles. The predicted octanol–water partition coefficient (Wildman–Crippen LogP) is 4.01. The molecule has 0 aliphatic carbocycles. The Kier molecular flexibility index (Phi) is 5.12. The summed E-state index contributed by atoms with van der Waals surface area (Å²) in [5.41, 5.74) is -2.67. The third-order valence-electron chi connectivity index (χ3n) is 3.16. The molecule has 2 rings (SSSR count). The second kappa shape index (κ2) is 6.96. The summed E-state index contributed by atoms with van der Waals surface area (Å²) >= 11 is 0. The Morgan fingerprint density at radius 2 is 1.77 bits per heavy atom. The quantitative estimate of drug-likeness (QED) is 0.756. The van der Waals surface area contributed by atoms with Gasteiger partial charge in [0.1, 0.15) is 18.9 Å². The number of alkyl halides is 6. The van der Waals surface area contributed by atoms with Crippen LogP contribution in [0.2, 0.25) is 0 Å². The minimum atomic E-state index is -4.91. The van der Waals surface area contributed by atoms with Gasteiger partial charge in [0.15, 0.2) is 5.69 Å². The molecule has 0 atom stereocenters. The first kappa shape index (κ1) is 19.1. The second-order valence-electron chi connectivity index (χ2n) is 5.05. The fourth-order valence-corrected chi connectivity index (χ4v) is 2.11. The topological polar surface area (TPSA) is 76.8 Å². The molecule has 1 aromatic heterocycles. The third kappa shape index (κ3) is 4.66. The summed E-state index contributed by atoms with van der Waals surface area (Å²) in [6.07, 6.45) is -8.72. The zero-order valence-corrected chi connectivity index (χ0v) is 12.7. The molecule has 0 aliphatic heterocycles. The van der Waals surface area contributed by atoms with Gasteiger partial charge < -0.3 is 9.32 Å². The first-order chi connectivity index (χ1) is 12.0. The molecule has 136 valence electrons. The van der Waals surface area contributed by atoms with Gasteiger partial charge in [0, 0.05) is 5.69 Å². The zero-order valence-electron chi connectivity index (χ0n) is 12.7. The van der Waals surface area contributed by atoms with Gasteiger partial charge in [-0.3, -0.25) is 0 Å². The first-order valence-electron chi connectivity index (χ1n) is 6.81. The second-order valence-corrected chi connectivity index (χ2v) is 5.05. The summed E-state index contributed by atoms with van der Waals surface area (Å²) < 4.78 is 82.4. The van der Waals surface area contributed by atoms with E-state index in [9.17, 15) is 26.3 Å². The molecule has 26 heavy (non-hydrogen) atoms. The molecule has 0 radical (unpaired) electrons. The summed E-state index contributed by atoms with van der Waals surface area (Å²) in [5, 5.41) is 17.4. The van der Waals surface area contributed by atoms with E-state index in [4.69, 9.17) is 14.9 Å². The highest BCUT2D eigenvalue weighted by Gasteiger charge is 2.36. The number of anilines is 1. The number of hydrogen-bond donors (Lipinski definition) is 0. The Bertz CT molecular complexity index is 872. The largest absolute Gasteiger partial charge is 0.446 e. The highest BCUT2D eigenvalue weighted by atomic mass is 19.4. The molecule has 0 unspecified atom stereocenters. The van der Waals surface area contributed by atoms with Crippen LogP contribution in [0.5, 0.6) is 0 Å². The smallest absolute Gasteiger partial charge is 0.417 e. The Morgan fingerprint density at radius 3 is 2.27 bits per heavy atom. The van der Waals surface area contributed by atoms with Gasteiger partial charge in [-0.05, 0) is 18.2 Å². The van der Waals surface area contributed by atoms with Gasteiger partial charge in [0.2, 0.25) is 5.89 Å². The molecule has 11 heteroatoms. The number of oxazole rings is 1. The Labute approximate surface area is 142 Å². The van der Waals surface area contributed by atoms with Gasteiger partial charge in [-0.1, -0.05) is 0 Å². The molecule has 0 N–H and O–H groups in total. The van der Waals surface area contributed by atoms with Gasteiger partial charge in [0.05, 0.1) is 23.7 Å². The van der Waals surface area contributed by atoms with Crippen molar-refractivity contribution < 1.29 is 30.8 Å². The molecule has 1 aromatic carbocycles. The molecule has 0 aliphatic rings. The van der Waals surface area contributed by atoms with Crippen LogP contribution in [-0.4, -0.2) is 17.7 Å². The normalized spacial score (nSPS) is 11.7. The summed E-state index contributed by atoms with van der Waals surface area (Å²) in [6, 6.07) is 5.18. The maximum absolute atomic E-state index is 13.0. The number of benzene rings is 1. The van der Waals surface area contributed by atoms with E-state index in [0.717, 1.165) is 18.4 Å². The van der Waals surface area contributed by atoms with Crippen molar-refractivity contribution in [3.05, 3.63) is 47.2 Å². The number of nitrogens with zero attached hydrogens (tertiary/aromatic N) is 4. The van der Waals surface area contributed by atoms with Gasteiger partial charge >= 0.3 is 12.4 Å². The zero-order chi connectivity index (χ0) is 19.5.